The summed E-state index contributed by atoms with van der Waals surface area (Å²) in [6.45, 7) is 6.59. The highest BCUT2D eigenvalue weighted by molar-refractivity contribution is 6.03. The Kier molecular flexibility index (Phi) is 14.9. The molecule has 0 unspecified atom stereocenters. The lowest BCUT2D eigenvalue weighted by Crippen LogP contribution is -2.69. The molecule has 1 saturated carbocycles. The average molecular weight is 811 g/mol. The first-order valence-electron chi connectivity index (χ1n) is 20.7. The van der Waals surface area contributed by atoms with Crippen molar-refractivity contribution in [1.29, 1.82) is 0 Å². The summed E-state index contributed by atoms with van der Waals surface area (Å²) in [7, 11) is 4.91. The molecule has 1 fully saturated rings. The first-order valence-corrected chi connectivity index (χ1v) is 20.7. The number of carbonyl (C=O) groups excluding carboxylic acids is 2. The van der Waals surface area contributed by atoms with Gasteiger partial charge in [-0.2, -0.15) is 0 Å². The second-order valence-electron chi connectivity index (χ2n) is 15.3. The van der Waals surface area contributed by atoms with E-state index in [-0.39, 0.29) is 49.9 Å². The molecular formula is C47H58N2O10. The van der Waals surface area contributed by atoms with E-state index in [1.807, 2.05) is 49.4 Å². The third-order valence-corrected chi connectivity index (χ3v) is 11.9. The third-order valence-electron chi connectivity index (χ3n) is 11.9. The van der Waals surface area contributed by atoms with E-state index in [1.165, 1.54) is 7.11 Å². The fourth-order valence-electron chi connectivity index (χ4n) is 9.19. The summed E-state index contributed by atoms with van der Waals surface area (Å²) in [4.78, 5) is 33.9. The predicted octanol–water partition coefficient (Wildman–Crippen LogP) is 7.66. The van der Waals surface area contributed by atoms with Gasteiger partial charge in [0.1, 0.15) is 41.4 Å². The average Bonchev–Trinajstić information content (AvgIpc) is 3.25. The van der Waals surface area contributed by atoms with Crippen LogP contribution in [0.1, 0.15) is 79.3 Å². The molecule has 6 atom stereocenters. The van der Waals surface area contributed by atoms with Crippen LogP contribution >= 0.6 is 0 Å². The Morgan fingerprint density at radius 1 is 0.983 bits per heavy atom. The first kappa shape index (κ1) is 43.4. The number of methoxy groups -OCH3 is 2. The molecule has 6 rings (SSSR count). The highest BCUT2D eigenvalue weighted by Gasteiger charge is 2.65. The monoisotopic (exact) mass is 810 g/mol. The summed E-state index contributed by atoms with van der Waals surface area (Å²) in [5.74, 6) is 0.702. The Morgan fingerprint density at radius 2 is 1.75 bits per heavy atom. The van der Waals surface area contributed by atoms with Crippen molar-refractivity contribution in [2.24, 2.45) is 22.9 Å². The third kappa shape index (κ3) is 9.35. The Hall–Kier alpha value is -5.17. The number of allylic oxidation sites excluding steroid dienone is 1. The quantitative estimate of drug-likeness (QED) is 0.0476. The smallest absolute Gasteiger partial charge is 0.239 e. The fourth-order valence-corrected chi connectivity index (χ4v) is 9.19. The molecule has 1 amide bonds. The number of aldehydes is 1. The Morgan fingerprint density at radius 3 is 2.46 bits per heavy atom. The van der Waals surface area contributed by atoms with E-state index < -0.39 is 17.7 Å². The number of fused-ring (bicyclic) bond motifs is 2. The molecule has 0 saturated heterocycles. The number of rotatable bonds is 21. The Bertz CT molecular complexity index is 2000. The van der Waals surface area contributed by atoms with Gasteiger partial charge in [0.2, 0.25) is 11.7 Å². The van der Waals surface area contributed by atoms with E-state index in [2.05, 4.69) is 12.7 Å². The number of benzene rings is 3. The predicted molar refractivity (Wildman–Crippen MR) is 225 cm³/mol. The molecule has 1 aliphatic heterocycles. The van der Waals surface area contributed by atoms with E-state index in [0.717, 1.165) is 54.4 Å². The molecule has 0 bridgehead atoms. The molecule has 12 heteroatoms. The first-order chi connectivity index (χ1) is 28.7. The lowest BCUT2D eigenvalue weighted by molar-refractivity contribution is -0.255. The van der Waals surface area contributed by atoms with Gasteiger partial charge < -0.3 is 43.6 Å². The Balaban J connectivity index is 1.53. The van der Waals surface area contributed by atoms with E-state index in [0.29, 0.717) is 60.2 Å². The fraction of sp³-hybridized carbons (Fsp3) is 0.468. The number of aliphatic hydroxyl groups excluding tert-OH is 2. The maximum atomic E-state index is 14.4. The minimum absolute atomic E-state index is 0.0473. The number of likely N-dealkylation sites (N-methyl/N-ethyl adjacent to an activating group) is 1. The lowest BCUT2D eigenvalue weighted by atomic mass is 9.55. The molecule has 0 spiro atoms. The Labute approximate surface area is 347 Å². The molecule has 1 heterocycles. The van der Waals surface area contributed by atoms with Gasteiger partial charge in [0, 0.05) is 38.2 Å². The summed E-state index contributed by atoms with van der Waals surface area (Å²) < 4.78 is 31.5. The van der Waals surface area contributed by atoms with E-state index in [1.54, 1.807) is 43.3 Å². The zero-order chi connectivity index (χ0) is 41.9. The molecule has 12 nitrogen and oxygen atoms in total. The highest BCUT2D eigenvalue weighted by atomic mass is 16.7. The van der Waals surface area contributed by atoms with Crippen LogP contribution in [-0.2, 0) is 20.8 Å². The van der Waals surface area contributed by atoms with Crippen LogP contribution in [0.4, 0.5) is 0 Å². The maximum Gasteiger partial charge on any atom is 0.239 e. The number of unbranched alkanes of at least 4 members (excludes halogenated alkanes) is 2. The van der Waals surface area contributed by atoms with Gasteiger partial charge in [-0.1, -0.05) is 42.3 Å². The number of hydrogen-bond acceptors (Lipinski definition) is 11. The van der Waals surface area contributed by atoms with Crippen molar-refractivity contribution in [3.8, 4) is 28.7 Å². The number of carbonyl (C=O) groups is 2. The maximum absolute atomic E-state index is 14.4. The molecule has 3 aromatic rings. The molecule has 0 radical (unpaired) electrons. The van der Waals surface area contributed by atoms with Crippen molar-refractivity contribution in [3.05, 3.63) is 102 Å². The number of nitrogens with zero attached hydrogens (tertiary/aromatic N) is 2. The lowest BCUT2D eigenvalue weighted by Gasteiger charge is -2.59. The van der Waals surface area contributed by atoms with Gasteiger partial charge in [-0.15, -0.1) is 6.58 Å². The number of amides is 1. The molecular weight excluding hydrogens is 753 g/mol. The van der Waals surface area contributed by atoms with Crippen LogP contribution in [0.5, 0.6) is 28.7 Å². The molecule has 59 heavy (non-hydrogen) atoms. The summed E-state index contributed by atoms with van der Waals surface area (Å²) in [6.07, 6.45) is 9.74. The van der Waals surface area contributed by atoms with E-state index in [9.17, 15) is 19.8 Å². The highest BCUT2D eigenvalue weighted by Crippen LogP contribution is 2.62. The minimum Gasteiger partial charge on any atom is -0.497 e. The standard InChI is InChI=1S/C47H58N2O10/c1-6-23-56-47-43(49(3)44(53)25-31-13-12-15-34(24-31)54-4)29-40(48-57-7-2)38-27-32(14-8-10-21-50)37(16-9-11-22-51)45(46(38)47)39-28-36(18-20-42(39)59-47)58-35-17-19-41(55-5)33(26-35)30-52/h6,12-13,15,17-20,24,26-28,30,32,37,43,45-46,50-51H,1,7-11,14,16,21-23,25,29H2,2-5H3/t32-,37+,43-,45+,46+,47+/m0/s1. The van der Waals surface area contributed by atoms with Crippen molar-refractivity contribution in [2.45, 2.75) is 76.0 Å². The van der Waals surface area contributed by atoms with Crippen molar-refractivity contribution >= 4 is 17.9 Å². The largest absolute Gasteiger partial charge is 0.497 e. The molecule has 3 aromatic carbocycles. The van der Waals surface area contributed by atoms with Gasteiger partial charge in [0.15, 0.2) is 6.29 Å². The summed E-state index contributed by atoms with van der Waals surface area (Å²) >= 11 is 0. The van der Waals surface area contributed by atoms with Crippen LogP contribution in [0.3, 0.4) is 0 Å². The van der Waals surface area contributed by atoms with E-state index in [4.69, 9.17) is 33.7 Å². The number of oxime groups is 1. The zero-order valence-corrected chi connectivity index (χ0v) is 34.6. The van der Waals surface area contributed by atoms with Crippen molar-refractivity contribution in [3.63, 3.8) is 0 Å². The van der Waals surface area contributed by atoms with Gasteiger partial charge >= 0.3 is 0 Å². The molecule has 3 aliphatic rings. The minimum atomic E-state index is -1.37. The molecule has 2 aliphatic carbocycles. The van der Waals surface area contributed by atoms with Crippen LogP contribution in [0.2, 0.25) is 0 Å². The van der Waals surface area contributed by atoms with Gasteiger partial charge in [-0.3, -0.25) is 9.59 Å². The van der Waals surface area contributed by atoms with Crippen molar-refractivity contribution in [2.75, 3.05) is 47.7 Å². The number of aliphatic hydroxyl groups is 2. The topological polar surface area (TPSA) is 146 Å². The summed E-state index contributed by atoms with van der Waals surface area (Å²) in [5, 5.41) is 24.5. The van der Waals surface area contributed by atoms with Crippen LogP contribution in [-0.4, -0.2) is 92.5 Å². The van der Waals surface area contributed by atoms with Crippen LogP contribution in [0.25, 0.3) is 0 Å². The van der Waals surface area contributed by atoms with Gasteiger partial charge in [0.25, 0.3) is 0 Å². The van der Waals surface area contributed by atoms with Crippen molar-refractivity contribution in [1.82, 2.24) is 4.90 Å². The SMILES string of the molecule is C=CCO[C@@]12Oc3ccc(Oc4ccc(OC)c(C=O)c4)cc3[C@H]3[C@H](CCCCO)[C@@H](CCCCO)C=C(C(=NOCC)C[C@@H]1N(C)C(=O)Cc1cccc(OC)c1)[C@H]32. The van der Waals surface area contributed by atoms with Crippen LogP contribution < -0.4 is 18.9 Å². The van der Waals surface area contributed by atoms with Crippen LogP contribution in [0.15, 0.2) is 90.1 Å². The molecule has 2 N–H and O–H groups in total. The van der Waals surface area contributed by atoms with Gasteiger partial charge in [0.05, 0.1) is 44.4 Å². The molecule has 316 valence electrons. The summed E-state index contributed by atoms with van der Waals surface area (Å²) in [6, 6.07) is 17.7. The second-order valence-corrected chi connectivity index (χ2v) is 15.3. The second kappa shape index (κ2) is 20.2. The molecule has 0 aromatic heterocycles. The van der Waals surface area contributed by atoms with Gasteiger partial charge in [-0.05, 0) is 104 Å². The summed E-state index contributed by atoms with van der Waals surface area (Å²) in [5.41, 5.74) is 3.78. The zero-order valence-electron chi connectivity index (χ0n) is 34.6. The van der Waals surface area contributed by atoms with Crippen LogP contribution in [0, 0.1) is 17.8 Å². The normalized spacial score (nSPS) is 23.5. The van der Waals surface area contributed by atoms with Gasteiger partial charge in [-0.25, -0.2) is 0 Å². The number of hydrogen-bond donors (Lipinski definition) is 2. The number of ether oxygens (including phenoxy) is 5. The van der Waals surface area contributed by atoms with Crippen molar-refractivity contribution < 1.29 is 48.3 Å². The van der Waals surface area contributed by atoms with E-state index >= 15 is 0 Å².